The Balaban J connectivity index is 2.08. The van der Waals surface area contributed by atoms with Gasteiger partial charge in [0.1, 0.15) is 5.82 Å². The molecule has 1 heterocycles. The molecule has 19 heavy (non-hydrogen) atoms. The third kappa shape index (κ3) is 3.64. The van der Waals surface area contributed by atoms with Gasteiger partial charge in [-0.05, 0) is 49.2 Å². The minimum Gasteiger partial charge on any atom is -0.311 e. The van der Waals surface area contributed by atoms with E-state index in [2.05, 4.69) is 17.3 Å². The molecule has 0 aliphatic carbocycles. The van der Waals surface area contributed by atoms with Crippen molar-refractivity contribution in [3.8, 4) is 0 Å². The van der Waals surface area contributed by atoms with Crippen molar-refractivity contribution in [1.82, 2.24) is 15.1 Å². The molecule has 102 valence electrons. The van der Waals surface area contributed by atoms with E-state index in [1.165, 1.54) is 6.07 Å². The van der Waals surface area contributed by atoms with Gasteiger partial charge in [0.2, 0.25) is 0 Å². The highest BCUT2D eigenvalue weighted by Gasteiger charge is 2.05. The zero-order chi connectivity index (χ0) is 13.7. The number of benzene rings is 1. The van der Waals surface area contributed by atoms with E-state index in [-0.39, 0.29) is 5.82 Å². The molecule has 1 aromatic heterocycles. The maximum Gasteiger partial charge on any atom is 0.123 e. The Labute approximate surface area is 113 Å². The van der Waals surface area contributed by atoms with Crippen LogP contribution in [0.2, 0.25) is 0 Å². The summed E-state index contributed by atoms with van der Waals surface area (Å²) < 4.78 is 15.0. The first kappa shape index (κ1) is 13.7. The molecule has 4 heteroatoms. The summed E-state index contributed by atoms with van der Waals surface area (Å²) >= 11 is 0. The molecular weight excluding hydrogens is 241 g/mol. The van der Waals surface area contributed by atoms with E-state index in [9.17, 15) is 4.39 Å². The van der Waals surface area contributed by atoms with E-state index in [0.29, 0.717) is 6.54 Å². The second-order valence-corrected chi connectivity index (χ2v) is 4.73. The summed E-state index contributed by atoms with van der Waals surface area (Å²) in [5.41, 5.74) is 3.21. The fraction of sp³-hybridized carbons (Fsp3) is 0.400. The van der Waals surface area contributed by atoms with Gasteiger partial charge in [-0.3, -0.25) is 4.68 Å². The number of rotatable bonds is 6. The van der Waals surface area contributed by atoms with E-state index in [4.69, 9.17) is 0 Å². The summed E-state index contributed by atoms with van der Waals surface area (Å²) in [6, 6.07) is 6.91. The Morgan fingerprint density at radius 3 is 2.89 bits per heavy atom. The molecule has 2 rings (SSSR count). The molecule has 0 aliphatic rings. The molecule has 1 N–H and O–H groups in total. The standard InChI is InChI=1S/C15H20FN3/c1-3-7-17-10-15-6-8-18-19(15)11-13-4-5-14(16)9-12(13)2/h4-6,8-9,17H,3,7,10-11H2,1-2H3. The van der Waals surface area contributed by atoms with Gasteiger partial charge in [0, 0.05) is 12.7 Å². The maximum atomic E-state index is 13.1. The summed E-state index contributed by atoms with van der Waals surface area (Å²) in [4.78, 5) is 0. The summed E-state index contributed by atoms with van der Waals surface area (Å²) in [5.74, 6) is -0.188. The van der Waals surface area contributed by atoms with Gasteiger partial charge in [0.25, 0.3) is 0 Å². The molecule has 0 unspecified atom stereocenters. The van der Waals surface area contributed by atoms with Crippen LogP contribution in [0.5, 0.6) is 0 Å². The molecule has 1 aromatic carbocycles. The Morgan fingerprint density at radius 1 is 1.32 bits per heavy atom. The van der Waals surface area contributed by atoms with E-state index < -0.39 is 0 Å². The second-order valence-electron chi connectivity index (χ2n) is 4.73. The van der Waals surface area contributed by atoms with Crippen molar-refractivity contribution in [3.63, 3.8) is 0 Å². The molecule has 2 aromatic rings. The fourth-order valence-corrected chi connectivity index (χ4v) is 2.04. The topological polar surface area (TPSA) is 29.9 Å². The molecule has 0 bridgehead atoms. The van der Waals surface area contributed by atoms with Crippen molar-refractivity contribution in [1.29, 1.82) is 0 Å². The van der Waals surface area contributed by atoms with Crippen molar-refractivity contribution in [3.05, 3.63) is 53.1 Å². The Kier molecular flexibility index (Phi) is 4.68. The van der Waals surface area contributed by atoms with Crippen molar-refractivity contribution < 1.29 is 4.39 Å². The van der Waals surface area contributed by atoms with E-state index in [1.54, 1.807) is 6.07 Å². The summed E-state index contributed by atoms with van der Waals surface area (Å²) in [6.45, 7) is 6.57. The molecule has 0 aliphatic heterocycles. The van der Waals surface area contributed by atoms with Gasteiger partial charge in [0.15, 0.2) is 0 Å². The first-order valence-electron chi connectivity index (χ1n) is 6.67. The van der Waals surface area contributed by atoms with Gasteiger partial charge in [-0.2, -0.15) is 5.10 Å². The van der Waals surface area contributed by atoms with Crippen LogP contribution in [-0.2, 0) is 13.1 Å². The predicted octanol–water partition coefficient (Wildman–Crippen LogP) is 2.88. The van der Waals surface area contributed by atoms with Crippen LogP contribution in [0.3, 0.4) is 0 Å². The highest BCUT2D eigenvalue weighted by Crippen LogP contribution is 2.12. The van der Waals surface area contributed by atoms with Crippen LogP contribution in [0, 0.1) is 12.7 Å². The number of nitrogens with zero attached hydrogens (tertiary/aromatic N) is 2. The van der Waals surface area contributed by atoms with Gasteiger partial charge in [-0.15, -0.1) is 0 Å². The largest absolute Gasteiger partial charge is 0.311 e. The van der Waals surface area contributed by atoms with Crippen LogP contribution in [0.25, 0.3) is 0 Å². The first-order valence-corrected chi connectivity index (χ1v) is 6.67. The average Bonchev–Trinajstić information content (AvgIpc) is 2.81. The quantitative estimate of drug-likeness (QED) is 0.810. The molecule has 0 amide bonds. The lowest BCUT2D eigenvalue weighted by atomic mass is 10.1. The molecule has 0 saturated carbocycles. The Hall–Kier alpha value is -1.68. The molecule has 0 spiro atoms. The van der Waals surface area contributed by atoms with E-state index >= 15 is 0 Å². The molecule has 3 nitrogen and oxygen atoms in total. The monoisotopic (exact) mass is 261 g/mol. The smallest absolute Gasteiger partial charge is 0.123 e. The summed E-state index contributed by atoms with van der Waals surface area (Å²) in [6.07, 6.45) is 2.92. The van der Waals surface area contributed by atoms with Gasteiger partial charge in [-0.25, -0.2) is 4.39 Å². The Morgan fingerprint density at radius 2 is 2.16 bits per heavy atom. The average molecular weight is 261 g/mol. The van der Waals surface area contributed by atoms with Crippen LogP contribution in [0.4, 0.5) is 4.39 Å². The number of halogens is 1. The van der Waals surface area contributed by atoms with Gasteiger partial charge < -0.3 is 5.32 Å². The van der Waals surface area contributed by atoms with Crippen molar-refractivity contribution in [2.24, 2.45) is 0 Å². The van der Waals surface area contributed by atoms with Crippen LogP contribution < -0.4 is 5.32 Å². The van der Waals surface area contributed by atoms with Crippen LogP contribution in [0.1, 0.15) is 30.2 Å². The lowest BCUT2D eigenvalue weighted by Crippen LogP contribution is -2.18. The summed E-state index contributed by atoms with van der Waals surface area (Å²) in [7, 11) is 0. The highest BCUT2D eigenvalue weighted by atomic mass is 19.1. The molecule has 0 atom stereocenters. The number of aromatic nitrogens is 2. The lowest BCUT2D eigenvalue weighted by molar-refractivity contribution is 0.589. The normalized spacial score (nSPS) is 10.9. The third-order valence-electron chi connectivity index (χ3n) is 3.16. The van der Waals surface area contributed by atoms with Gasteiger partial charge >= 0.3 is 0 Å². The molecule has 0 saturated heterocycles. The number of hydrogen-bond donors (Lipinski definition) is 1. The molecule has 0 fully saturated rings. The van der Waals surface area contributed by atoms with Gasteiger partial charge in [-0.1, -0.05) is 13.0 Å². The number of hydrogen-bond acceptors (Lipinski definition) is 2. The SMILES string of the molecule is CCCNCc1ccnn1Cc1ccc(F)cc1C. The minimum atomic E-state index is -0.188. The lowest BCUT2D eigenvalue weighted by Gasteiger charge is -2.10. The molecule has 0 radical (unpaired) electrons. The maximum absolute atomic E-state index is 13.1. The van der Waals surface area contributed by atoms with Crippen molar-refractivity contribution in [2.45, 2.75) is 33.4 Å². The second kappa shape index (κ2) is 6.48. The fourth-order valence-electron chi connectivity index (χ4n) is 2.04. The van der Waals surface area contributed by atoms with E-state index in [0.717, 1.165) is 36.3 Å². The van der Waals surface area contributed by atoms with Crippen LogP contribution >= 0.6 is 0 Å². The number of aryl methyl sites for hydroxylation is 1. The Bertz CT molecular complexity index is 534. The van der Waals surface area contributed by atoms with E-state index in [1.807, 2.05) is 29.9 Å². The zero-order valence-electron chi connectivity index (χ0n) is 11.5. The number of nitrogens with one attached hydrogen (secondary N) is 1. The van der Waals surface area contributed by atoms with Crippen LogP contribution in [-0.4, -0.2) is 16.3 Å². The van der Waals surface area contributed by atoms with Crippen molar-refractivity contribution >= 4 is 0 Å². The zero-order valence-corrected chi connectivity index (χ0v) is 11.5. The summed E-state index contributed by atoms with van der Waals surface area (Å²) in [5, 5.41) is 7.70. The predicted molar refractivity (Wildman–Crippen MR) is 74.5 cm³/mol. The minimum absolute atomic E-state index is 0.188. The first-order chi connectivity index (χ1) is 9.20. The van der Waals surface area contributed by atoms with Crippen LogP contribution in [0.15, 0.2) is 30.5 Å². The van der Waals surface area contributed by atoms with Gasteiger partial charge in [0.05, 0.1) is 12.2 Å². The van der Waals surface area contributed by atoms with Crippen molar-refractivity contribution in [2.75, 3.05) is 6.54 Å². The third-order valence-corrected chi connectivity index (χ3v) is 3.16. The molecular formula is C15H20FN3. The highest BCUT2D eigenvalue weighted by molar-refractivity contribution is 5.27.